The number of H-pyrrole nitrogens is 1. The third kappa shape index (κ3) is 3.32. The van der Waals surface area contributed by atoms with Gasteiger partial charge < -0.3 is 10.1 Å². The van der Waals surface area contributed by atoms with Crippen molar-refractivity contribution < 1.29 is 19.1 Å². The van der Waals surface area contributed by atoms with Crippen molar-refractivity contribution in [1.29, 1.82) is 0 Å². The van der Waals surface area contributed by atoms with Crippen LogP contribution in [0.25, 0.3) is 0 Å². The van der Waals surface area contributed by atoms with Gasteiger partial charge in [0.05, 0.1) is 16.3 Å². The maximum atomic E-state index is 13.3. The molecule has 0 unspecified atom stereocenters. The molecule has 10 heteroatoms. The van der Waals surface area contributed by atoms with E-state index in [-0.39, 0.29) is 27.9 Å². The smallest absolute Gasteiger partial charge is 0.258 e. The zero-order valence-electron chi connectivity index (χ0n) is 13.5. The first kappa shape index (κ1) is 18.4. The van der Waals surface area contributed by atoms with E-state index in [2.05, 4.69) is 9.97 Å². The predicted molar refractivity (Wildman–Crippen MR) is 94.1 cm³/mol. The van der Waals surface area contributed by atoms with Gasteiger partial charge in [0.1, 0.15) is 11.1 Å². The first-order valence-corrected chi connectivity index (χ1v) is 8.88. The first-order chi connectivity index (χ1) is 12.3. The van der Waals surface area contributed by atoms with Gasteiger partial charge in [-0.2, -0.15) is 4.98 Å². The second-order valence-corrected chi connectivity index (χ2v) is 7.10. The Morgan fingerprint density at radius 2 is 2.15 bits per heavy atom. The average molecular weight is 398 g/mol. The number of aromatic nitrogens is 2. The lowest BCUT2D eigenvalue weighted by Gasteiger charge is -2.15. The largest absolute Gasteiger partial charge is 0.493 e. The van der Waals surface area contributed by atoms with Crippen molar-refractivity contribution in [3.05, 3.63) is 45.0 Å². The number of nitrogens with zero attached hydrogens (tertiary/aromatic N) is 2. The van der Waals surface area contributed by atoms with Crippen LogP contribution in [0.4, 0.5) is 10.1 Å². The molecule has 0 radical (unpaired) electrons. The highest BCUT2D eigenvalue weighted by atomic mass is 35.5. The Hall–Kier alpha value is -2.39. The number of anilines is 1. The fraction of sp³-hybridized carbons (Fsp3) is 0.250. The number of hydrogen-bond acceptors (Lipinski definition) is 6. The Balaban J connectivity index is 1.85. The molecule has 1 aliphatic rings. The van der Waals surface area contributed by atoms with Crippen LogP contribution in [0.1, 0.15) is 18.9 Å². The number of nitrogens with one attached hydrogen (secondary N) is 1. The van der Waals surface area contributed by atoms with Gasteiger partial charge in [-0.05, 0) is 24.6 Å². The monoisotopic (exact) mass is 397 g/mol. The summed E-state index contributed by atoms with van der Waals surface area (Å²) in [6, 6.07) is 3.55. The van der Waals surface area contributed by atoms with Crippen LogP contribution in [-0.2, 0) is 16.0 Å². The van der Waals surface area contributed by atoms with Gasteiger partial charge in [-0.15, -0.1) is 0 Å². The van der Waals surface area contributed by atoms with Crippen molar-refractivity contribution in [2.45, 2.75) is 30.2 Å². The molecule has 1 fully saturated rings. The van der Waals surface area contributed by atoms with Crippen LogP contribution in [0.3, 0.4) is 0 Å². The highest BCUT2D eigenvalue weighted by molar-refractivity contribution is 8.00. The second-order valence-electron chi connectivity index (χ2n) is 5.50. The number of aromatic hydroxyl groups is 1. The van der Waals surface area contributed by atoms with Crippen LogP contribution in [-0.4, -0.2) is 32.1 Å². The Morgan fingerprint density at radius 1 is 1.42 bits per heavy atom. The molecule has 1 aromatic carbocycles. The molecule has 2 aromatic rings. The molecule has 0 spiro atoms. The Kier molecular flexibility index (Phi) is 5.01. The SMILES string of the molecule is CCc1c(O)nc(S[C@H]2CC(=O)N(c3ccc(F)c(Cl)c3)C2=O)[nH]c1=O. The number of imide groups is 1. The van der Waals surface area contributed by atoms with Crippen LogP contribution in [0, 0.1) is 5.82 Å². The Labute approximate surface area is 156 Å². The lowest BCUT2D eigenvalue weighted by atomic mass is 10.2. The Bertz CT molecular complexity index is 965. The van der Waals surface area contributed by atoms with Crippen LogP contribution >= 0.6 is 23.4 Å². The molecule has 1 aromatic heterocycles. The molecule has 1 atom stereocenters. The first-order valence-electron chi connectivity index (χ1n) is 7.62. The quantitative estimate of drug-likeness (QED) is 0.606. The van der Waals surface area contributed by atoms with Gasteiger partial charge >= 0.3 is 0 Å². The molecule has 0 bridgehead atoms. The molecular weight excluding hydrogens is 385 g/mol. The average Bonchev–Trinajstić information content (AvgIpc) is 2.84. The minimum Gasteiger partial charge on any atom is -0.493 e. The van der Waals surface area contributed by atoms with E-state index in [0.717, 1.165) is 22.7 Å². The molecule has 0 aliphatic carbocycles. The molecule has 1 saturated heterocycles. The summed E-state index contributed by atoms with van der Waals surface area (Å²) >= 11 is 6.58. The van der Waals surface area contributed by atoms with Crippen LogP contribution in [0.15, 0.2) is 28.2 Å². The number of aromatic amines is 1. The normalized spacial score (nSPS) is 17.2. The highest BCUT2D eigenvalue weighted by Gasteiger charge is 2.41. The lowest BCUT2D eigenvalue weighted by molar-refractivity contribution is -0.121. The van der Waals surface area contributed by atoms with Crippen molar-refractivity contribution in [1.82, 2.24) is 9.97 Å². The molecule has 2 heterocycles. The summed E-state index contributed by atoms with van der Waals surface area (Å²) in [6.45, 7) is 1.70. The van der Waals surface area contributed by atoms with Gasteiger partial charge in [-0.3, -0.25) is 14.4 Å². The number of hydrogen-bond donors (Lipinski definition) is 2. The summed E-state index contributed by atoms with van der Waals surface area (Å²) in [5.74, 6) is -2.08. The zero-order chi connectivity index (χ0) is 19.0. The number of carbonyl (C=O) groups is 2. The summed E-state index contributed by atoms with van der Waals surface area (Å²) in [5.41, 5.74) is -0.188. The van der Waals surface area contributed by atoms with Crippen molar-refractivity contribution in [3.8, 4) is 5.88 Å². The molecular formula is C16H13ClFN3O4S. The minimum atomic E-state index is -0.832. The number of rotatable bonds is 4. The van der Waals surface area contributed by atoms with E-state index in [1.807, 2.05) is 0 Å². The van der Waals surface area contributed by atoms with Gasteiger partial charge in [0.2, 0.25) is 17.7 Å². The molecule has 7 nitrogen and oxygen atoms in total. The van der Waals surface area contributed by atoms with E-state index >= 15 is 0 Å². The fourth-order valence-electron chi connectivity index (χ4n) is 2.57. The van der Waals surface area contributed by atoms with Crippen molar-refractivity contribution in [2.24, 2.45) is 0 Å². The summed E-state index contributed by atoms with van der Waals surface area (Å²) in [5, 5.41) is 8.79. The van der Waals surface area contributed by atoms with Gasteiger partial charge in [-0.25, -0.2) is 9.29 Å². The van der Waals surface area contributed by atoms with E-state index < -0.39 is 34.3 Å². The third-order valence-corrected chi connectivity index (χ3v) is 5.21. The Morgan fingerprint density at radius 3 is 2.77 bits per heavy atom. The number of thioether (sulfide) groups is 1. The highest BCUT2D eigenvalue weighted by Crippen LogP contribution is 2.34. The molecule has 0 saturated carbocycles. The molecule has 26 heavy (non-hydrogen) atoms. The number of benzene rings is 1. The van der Waals surface area contributed by atoms with Gasteiger partial charge in [0.15, 0.2) is 5.16 Å². The number of halogens is 2. The third-order valence-electron chi connectivity index (χ3n) is 3.85. The van der Waals surface area contributed by atoms with Gasteiger partial charge in [-0.1, -0.05) is 30.3 Å². The maximum Gasteiger partial charge on any atom is 0.258 e. The van der Waals surface area contributed by atoms with Crippen molar-refractivity contribution >= 4 is 40.9 Å². The molecule has 2 N–H and O–H groups in total. The molecule has 3 rings (SSSR count). The van der Waals surface area contributed by atoms with E-state index in [4.69, 9.17) is 11.6 Å². The summed E-state index contributed by atoms with van der Waals surface area (Å²) in [7, 11) is 0. The van der Waals surface area contributed by atoms with E-state index in [1.165, 1.54) is 12.1 Å². The zero-order valence-corrected chi connectivity index (χ0v) is 15.0. The number of amides is 2. The van der Waals surface area contributed by atoms with Crippen LogP contribution in [0.2, 0.25) is 5.02 Å². The molecule has 136 valence electrons. The van der Waals surface area contributed by atoms with Crippen LogP contribution in [0.5, 0.6) is 5.88 Å². The summed E-state index contributed by atoms with van der Waals surface area (Å²) in [4.78, 5) is 44.0. The predicted octanol–water partition coefficient (Wildman–Crippen LogP) is 2.25. The molecule has 2 amide bonds. The standard InChI is InChI=1S/C16H13ClFN3O4S/c1-2-8-13(23)19-16(20-14(8)24)26-11-6-12(22)21(15(11)25)7-3-4-10(18)9(17)5-7/h3-5,11H,2,6H2,1H3,(H2,19,20,23,24)/t11-/m0/s1. The van der Waals surface area contributed by atoms with E-state index in [1.54, 1.807) is 6.92 Å². The van der Waals surface area contributed by atoms with Gasteiger partial charge in [0, 0.05) is 6.42 Å². The second kappa shape index (κ2) is 7.08. The summed E-state index contributed by atoms with van der Waals surface area (Å²) < 4.78 is 13.3. The maximum absolute atomic E-state index is 13.3. The summed E-state index contributed by atoms with van der Waals surface area (Å²) in [6.07, 6.45) is 0.178. The van der Waals surface area contributed by atoms with Gasteiger partial charge in [0.25, 0.3) is 5.56 Å². The molecule has 1 aliphatic heterocycles. The van der Waals surface area contributed by atoms with Crippen molar-refractivity contribution in [3.63, 3.8) is 0 Å². The minimum absolute atomic E-state index is 0.0369. The number of carbonyl (C=O) groups excluding carboxylic acids is 2. The van der Waals surface area contributed by atoms with Crippen LogP contribution < -0.4 is 10.5 Å². The van der Waals surface area contributed by atoms with Crippen molar-refractivity contribution in [2.75, 3.05) is 4.90 Å². The van der Waals surface area contributed by atoms with E-state index in [0.29, 0.717) is 6.42 Å². The topological polar surface area (TPSA) is 103 Å². The van der Waals surface area contributed by atoms with E-state index in [9.17, 15) is 23.9 Å². The lowest BCUT2D eigenvalue weighted by Crippen LogP contribution is -2.31. The fourth-order valence-corrected chi connectivity index (χ4v) is 3.73.